The highest BCUT2D eigenvalue weighted by Gasteiger charge is 2.53. The highest BCUT2D eigenvalue weighted by atomic mass is 19.1. The molecule has 0 radical (unpaired) electrons. The minimum atomic E-state index is -1.30. The van der Waals surface area contributed by atoms with Crippen LogP contribution in [-0.4, -0.2) is 85.5 Å². The average molecular weight is 670 g/mol. The van der Waals surface area contributed by atoms with Gasteiger partial charge in [0.25, 0.3) is 0 Å². The van der Waals surface area contributed by atoms with Crippen LogP contribution in [0, 0.1) is 34.9 Å². The first-order valence-corrected chi connectivity index (χ1v) is 18.1. The first-order chi connectivity index (χ1) is 23.8. The summed E-state index contributed by atoms with van der Waals surface area (Å²) in [7, 11) is 1.47. The van der Waals surface area contributed by atoms with E-state index in [1.54, 1.807) is 6.07 Å². The van der Waals surface area contributed by atoms with Gasteiger partial charge in [0, 0.05) is 49.6 Å². The second-order valence-electron chi connectivity index (χ2n) is 15.1. The van der Waals surface area contributed by atoms with Gasteiger partial charge in [-0.2, -0.15) is 5.26 Å². The molecule has 7 nitrogen and oxygen atoms in total. The molecule has 7 rings (SSSR count). The molecule has 0 bridgehead atoms. The highest BCUT2D eigenvalue weighted by molar-refractivity contribution is 5.69. The van der Waals surface area contributed by atoms with Crippen LogP contribution in [0.3, 0.4) is 0 Å². The third-order valence-corrected chi connectivity index (χ3v) is 12.1. The van der Waals surface area contributed by atoms with Crippen molar-refractivity contribution in [1.82, 2.24) is 14.4 Å². The number of methoxy groups -OCH3 is 1. The Morgan fingerprint density at radius 2 is 1.76 bits per heavy atom. The maximum Gasteiger partial charge on any atom is 0.305 e. The highest BCUT2D eigenvalue weighted by Crippen LogP contribution is 2.54. The lowest BCUT2D eigenvalue weighted by molar-refractivity contribution is -0.142. The van der Waals surface area contributed by atoms with E-state index in [9.17, 15) is 14.4 Å². The van der Waals surface area contributed by atoms with Crippen LogP contribution >= 0.6 is 0 Å². The number of esters is 1. The lowest BCUT2D eigenvalue weighted by atomic mass is 9.56. The summed E-state index contributed by atoms with van der Waals surface area (Å²) in [4.78, 5) is 19.5. The van der Waals surface area contributed by atoms with Crippen LogP contribution in [0.25, 0.3) is 0 Å². The number of benzene rings is 2. The summed E-state index contributed by atoms with van der Waals surface area (Å²) < 4.78 is 38.4. The molecule has 0 unspecified atom stereocenters. The van der Waals surface area contributed by atoms with Crippen molar-refractivity contribution in [3.8, 4) is 6.07 Å². The van der Waals surface area contributed by atoms with E-state index in [1.807, 2.05) is 53.4 Å². The summed E-state index contributed by atoms with van der Waals surface area (Å²) in [5.41, 5.74) is 2.02. The Labute approximate surface area is 289 Å². The molecule has 0 N–H and O–H groups in total. The topological polar surface area (TPSA) is 64.7 Å². The van der Waals surface area contributed by atoms with Crippen molar-refractivity contribution in [2.24, 2.45) is 17.8 Å². The van der Waals surface area contributed by atoms with Gasteiger partial charge in [0.2, 0.25) is 0 Å². The zero-order valence-corrected chi connectivity index (χ0v) is 28.7. The number of aromatic nitrogens is 1. The van der Waals surface area contributed by atoms with E-state index >= 15 is 4.39 Å². The first kappa shape index (κ1) is 33.7. The summed E-state index contributed by atoms with van der Waals surface area (Å²) in [6.07, 6.45) is 10.5. The van der Waals surface area contributed by atoms with Crippen LogP contribution in [0.5, 0.6) is 0 Å². The second-order valence-corrected chi connectivity index (χ2v) is 15.1. The number of ether oxygens (including phenoxy) is 1. The Kier molecular flexibility index (Phi) is 9.81. The van der Waals surface area contributed by atoms with Gasteiger partial charge in [-0.05, 0) is 130 Å². The molecule has 1 saturated carbocycles. The van der Waals surface area contributed by atoms with Crippen LogP contribution in [-0.2, 0) is 21.5 Å². The number of halogens is 2. The number of likely N-dealkylation sites (tertiary alicyclic amines) is 2. The van der Waals surface area contributed by atoms with Gasteiger partial charge in [0.1, 0.15) is 5.82 Å². The van der Waals surface area contributed by atoms with Crippen LogP contribution in [0.4, 0.5) is 14.5 Å². The van der Waals surface area contributed by atoms with Crippen molar-refractivity contribution >= 4 is 11.7 Å². The Morgan fingerprint density at radius 3 is 2.43 bits per heavy atom. The number of carbonyl (C=O) groups excluding carboxylic acids is 1. The minimum Gasteiger partial charge on any atom is -0.469 e. The van der Waals surface area contributed by atoms with E-state index in [0.29, 0.717) is 44.1 Å². The van der Waals surface area contributed by atoms with Gasteiger partial charge in [-0.25, -0.2) is 8.78 Å². The standard InChI is InChI=1S/C40H49F2N5O2/c1-49-38(48)22-30-7-4-10-37(30)40(29-45-17-6-18-45,34-8-5-9-35(41)23-34)33-13-19-46(20-14-33)26-39(42)27-47(28-39)36-12-11-31(24-43)32(21-36)25-44-15-2-3-16-44/h2-3,5,8-9,11-12,15-16,21,23,30,33,37H,4,6-7,10,13-14,17-20,22,25-29H2,1H3/t30-,37+,40+/m1/s1. The predicted octanol–water partition coefficient (Wildman–Crippen LogP) is 6.41. The SMILES string of the molecule is COC(=O)C[C@H]1CCC[C@@H]1[C@](CN1CCC1)(c1cccc(F)c1)C1CCN(CC2(F)CN(c3ccc(C#N)c(Cn4cccc4)c3)C2)CC1. The van der Waals surface area contributed by atoms with E-state index in [-0.39, 0.29) is 29.0 Å². The molecule has 9 heteroatoms. The van der Waals surface area contributed by atoms with E-state index in [4.69, 9.17) is 4.74 Å². The fourth-order valence-corrected chi connectivity index (χ4v) is 9.65. The van der Waals surface area contributed by atoms with Crippen LogP contribution in [0.15, 0.2) is 67.0 Å². The molecule has 49 heavy (non-hydrogen) atoms. The van der Waals surface area contributed by atoms with Crippen molar-refractivity contribution in [3.05, 3.63) is 89.5 Å². The molecule has 4 heterocycles. The molecule has 3 saturated heterocycles. The fraction of sp³-hybridized carbons (Fsp3) is 0.550. The number of hydrogen-bond donors (Lipinski definition) is 0. The van der Waals surface area contributed by atoms with Crippen molar-refractivity contribution in [3.63, 3.8) is 0 Å². The lowest BCUT2D eigenvalue weighted by Gasteiger charge is -2.54. The molecule has 0 spiro atoms. The largest absolute Gasteiger partial charge is 0.469 e. The minimum absolute atomic E-state index is 0.162. The lowest BCUT2D eigenvalue weighted by Crippen LogP contribution is -2.65. The van der Waals surface area contributed by atoms with Gasteiger partial charge in [-0.15, -0.1) is 0 Å². The molecular formula is C40H49F2N5O2. The maximum atomic E-state index is 16.3. The quantitative estimate of drug-likeness (QED) is 0.208. The van der Waals surface area contributed by atoms with Crippen molar-refractivity contribution in [2.75, 3.05) is 64.4 Å². The van der Waals surface area contributed by atoms with Gasteiger partial charge in [0.05, 0.1) is 31.8 Å². The first-order valence-electron chi connectivity index (χ1n) is 18.1. The molecule has 260 valence electrons. The Bertz CT molecular complexity index is 1640. The molecule has 4 fully saturated rings. The van der Waals surface area contributed by atoms with Crippen LogP contribution in [0.2, 0.25) is 0 Å². The molecule has 4 aliphatic rings. The zero-order valence-electron chi connectivity index (χ0n) is 28.7. The van der Waals surface area contributed by atoms with Gasteiger partial charge in [0.15, 0.2) is 5.67 Å². The van der Waals surface area contributed by atoms with E-state index in [0.717, 1.165) is 81.6 Å². The second kappa shape index (κ2) is 14.2. The molecule has 3 aliphatic heterocycles. The Balaban J connectivity index is 1.05. The number of rotatable bonds is 12. The smallest absolute Gasteiger partial charge is 0.305 e. The number of piperidine rings is 1. The van der Waals surface area contributed by atoms with Crippen LogP contribution in [0.1, 0.15) is 61.6 Å². The predicted molar refractivity (Wildman–Crippen MR) is 187 cm³/mol. The van der Waals surface area contributed by atoms with Gasteiger partial charge in [-0.3, -0.25) is 9.69 Å². The third-order valence-electron chi connectivity index (χ3n) is 12.1. The molecular weight excluding hydrogens is 620 g/mol. The van der Waals surface area contributed by atoms with Gasteiger partial charge in [-0.1, -0.05) is 18.6 Å². The van der Waals surface area contributed by atoms with Gasteiger partial charge >= 0.3 is 5.97 Å². The number of alkyl halides is 1. The van der Waals surface area contributed by atoms with E-state index in [2.05, 4.69) is 26.8 Å². The van der Waals surface area contributed by atoms with Crippen molar-refractivity contribution in [1.29, 1.82) is 5.26 Å². The summed E-state index contributed by atoms with van der Waals surface area (Å²) in [5.74, 6) is 0.396. The molecule has 0 amide bonds. The maximum absolute atomic E-state index is 16.3. The van der Waals surface area contributed by atoms with E-state index in [1.165, 1.54) is 19.6 Å². The summed E-state index contributed by atoms with van der Waals surface area (Å²) in [6.45, 7) is 6.27. The van der Waals surface area contributed by atoms with Crippen molar-refractivity contribution in [2.45, 2.75) is 62.6 Å². The zero-order chi connectivity index (χ0) is 34.0. The Morgan fingerprint density at radius 1 is 0.980 bits per heavy atom. The summed E-state index contributed by atoms with van der Waals surface area (Å²) >= 11 is 0. The Hall–Kier alpha value is -3.74. The fourth-order valence-electron chi connectivity index (χ4n) is 9.65. The number of carbonyl (C=O) groups is 1. The van der Waals surface area contributed by atoms with Crippen molar-refractivity contribution < 1.29 is 18.3 Å². The number of anilines is 1. The van der Waals surface area contributed by atoms with E-state index < -0.39 is 5.67 Å². The summed E-state index contributed by atoms with van der Waals surface area (Å²) in [6, 6.07) is 19.3. The summed E-state index contributed by atoms with van der Waals surface area (Å²) in [5, 5.41) is 9.66. The average Bonchev–Trinajstić information content (AvgIpc) is 3.76. The molecule has 3 atom stereocenters. The van der Waals surface area contributed by atoms with Gasteiger partial charge < -0.3 is 19.1 Å². The molecule has 2 aromatic carbocycles. The number of nitrogens with zero attached hydrogens (tertiary/aromatic N) is 5. The molecule has 3 aromatic rings. The normalized spacial score (nSPS) is 24.1. The third kappa shape index (κ3) is 7.00. The number of hydrogen-bond acceptors (Lipinski definition) is 6. The molecule has 1 aromatic heterocycles. The monoisotopic (exact) mass is 669 g/mol. The molecule has 1 aliphatic carbocycles. The number of nitriles is 1. The van der Waals surface area contributed by atoms with Crippen LogP contribution < -0.4 is 4.90 Å².